The number of sulfone groups is 1. The minimum absolute atomic E-state index is 0.00855. The van der Waals surface area contributed by atoms with Crippen molar-refractivity contribution in [2.24, 2.45) is 0 Å². The van der Waals surface area contributed by atoms with E-state index < -0.39 is 24.6 Å². The van der Waals surface area contributed by atoms with Gasteiger partial charge in [0.1, 0.15) is 8.42 Å². The molecular formula is C25H26Cl2N6O4S3. The Morgan fingerprint density at radius 1 is 0.950 bits per heavy atom. The van der Waals surface area contributed by atoms with Gasteiger partial charge in [0.05, 0.1) is 43.6 Å². The molecular weight excluding hydrogens is 615 g/mol. The maximum atomic E-state index is 13.9. The lowest BCUT2D eigenvalue weighted by molar-refractivity contribution is 0.498. The van der Waals surface area contributed by atoms with Crippen LogP contribution in [0, 0.1) is 0 Å². The molecule has 40 heavy (non-hydrogen) atoms. The van der Waals surface area contributed by atoms with Crippen LogP contribution in [-0.4, -0.2) is 65.9 Å². The third-order valence-corrected chi connectivity index (χ3v) is 14.0. The monoisotopic (exact) mass is 640 g/mol. The summed E-state index contributed by atoms with van der Waals surface area (Å²) in [5, 5.41) is 6.03. The number of thiophene rings is 1. The SMILES string of the molecule is CC(C)(C)S(=O)(=O)c1ccc(S(=O)(=O)n2nc(N3CCN(c4ncc(Cl)cn4)CC34CC4)c3c(Cl)cccc32)s1. The lowest BCUT2D eigenvalue weighted by Gasteiger charge is -2.42. The highest BCUT2D eigenvalue weighted by atomic mass is 35.5. The predicted molar refractivity (Wildman–Crippen MR) is 157 cm³/mol. The maximum absolute atomic E-state index is 13.9. The van der Waals surface area contributed by atoms with Crippen LogP contribution in [0.3, 0.4) is 0 Å². The number of anilines is 2. The minimum atomic E-state index is -4.23. The first-order valence-electron chi connectivity index (χ1n) is 12.5. The zero-order valence-corrected chi connectivity index (χ0v) is 25.8. The number of rotatable bonds is 5. The first-order chi connectivity index (χ1) is 18.7. The molecule has 2 fully saturated rings. The van der Waals surface area contributed by atoms with Crippen LogP contribution in [0.5, 0.6) is 0 Å². The molecule has 4 heterocycles. The molecule has 0 atom stereocenters. The fraction of sp³-hybridized carbons (Fsp3) is 0.400. The first kappa shape index (κ1) is 27.7. The van der Waals surface area contributed by atoms with E-state index in [1.54, 1.807) is 51.4 Å². The average molecular weight is 642 g/mol. The van der Waals surface area contributed by atoms with Crippen molar-refractivity contribution in [2.45, 2.75) is 52.3 Å². The van der Waals surface area contributed by atoms with E-state index in [1.165, 1.54) is 12.1 Å². The van der Waals surface area contributed by atoms with Gasteiger partial charge in [-0.1, -0.05) is 29.3 Å². The third-order valence-electron chi connectivity index (χ3n) is 7.34. The van der Waals surface area contributed by atoms with Gasteiger partial charge < -0.3 is 9.80 Å². The molecule has 1 aliphatic heterocycles. The number of hydrogen-bond acceptors (Lipinski definition) is 10. The van der Waals surface area contributed by atoms with E-state index in [0.717, 1.165) is 28.3 Å². The van der Waals surface area contributed by atoms with Gasteiger partial charge in [-0.2, -0.15) is 12.5 Å². The molecule has 1 saturated heterocycles. The van der Waals surface area contributed by atoms with Crippen LogP contribution in [0.2, 0.25) is 10.0 Å². The van der Waals surface area contributed by atoms with Gasteiger partial charge in [-0.25, -0.2) is 18.4 Å². The van der Waals surface area contributed by atoms with E-state index in [9.17, 15) is 16.8 Å². The summed E-state index contributed by atoms with van der Waals surface area (Å²) in [4.78, 5) is 13.0. The minimum Gasteiger partial charge on any atom is -0.345 e. The molecule has 0 N–H and O–H groups in total. The van der Waals surface area contributed by atoms with Crippen LogP contribution in [0.25, 0.3) is 10.9 Å². The Labute approximate surface area is 246 Å². The Hall–Kier alpha value is -2.45. The van der Waals surface area contributed by atoms with Gasteiger partial charge >= 0.3 is 0 Å². The zero-order chi connectivity index (χ0) is 28.7. The van der Waals surface area contributed by atoms with Crippen molar-refractivity contribution in [3.05, 3.63) is 52.8 Å². The van der Waals surface area contributed by atoms with Crippen LogP contribution in [0.4, 0.5) is 11.8 Å². The fourth-order valence-electron chi connectivity index (χ4n) is 4.95. The van der Waals surface area contributed by atoms with Crippen molar-refractivity contribution in [1.29, 1.82) is 0 Å². The first-order valence-corrected chi connectivity index (χ1v) is 17.0. The smallest absolute Gasteiger partial charge is 0.293 e. The lowest BCUT2D eigenvalue weighted by Crippen LogP contribution is -2.56. The van der Waals surface area contributed by atoms with Crippen molar-refractivity contribution in [2.75, 3.05) is 29.4 Å². The molecule has 0 bridgehead atoms. The Bertz CT molecular complexity index is 1840. The summed E-state index contributed by atoms with van der Waals surface area (Å²) in [5.74, 6) is 1.07. The lowest BCUT2D eigenvalue weighted by atomic mass is 10.1. The number of benzene rings is 1. The Kier molecular flexibility index (Phi) is 6.43. The van der Waals surface area contributed by atoms with E-state index in [4.69, 9.17) is 23.2 Å². The van der Waals surface area contributed by atoms with E-state index >= 15 is 0 Å². The van der Waals surface area contributed by atoms with Crippen molar-refractivity contribution >= 4 is 77.1 Å². The summed E-state index contributed by atoms with van der Waals surface area (Å²) in [6, 6.07) is 7.71. The summed E-state index contributed by atoms with van der Waals surface area (Å²) in [5.41, 5.74) is 0.0584. The van der Waals surface area contributed by atoms with Crippen molar-refractivity contribution in [1.82, 2.24) is 19.2 Å². The van der Waals surface area contributed by atoms with Gasteiger partial charge in [0, 0.05) is 19.6 Å². The van der Waals surface area contributed by atoms with Crippen LogP contribution < -0.4 is 9.80 Å². The average Bonchev–Trinajstić information content (AvgIpc) is 3.29. The molecule has 3 aromatic heterocycles. The standard InChI is InChI=1S/C25H26Cl2N6O4S3/c1-24(2,3)39(34,35)19-7-8-20(38-19)40(36,37)33-18-6-4-5-17(27)21(18)22(30-33)32-12-11-31(15-25(32)9-10-25)23-28-13-16(26)14-29-23/h4-8,13-14H,9-12,15H2,1-3H3. The largest absolute Gasteiger partial charge is 0.345 e. The zero-order valence-electron chi connectivity index (χ0n) is 21.9. The van der Waals surface area contributed by atoms with E-state index in [2.05, 4.69) is 24.9 Å². The number of nitrogens with zero attached hydrogens (tertiary/aromatic N) is 6. The van der Waals surface area contributed by atoms with E-state index in [-0.39, 0.29) is 14.0 Å². The molecule has 1 aliphatic carbocycles. The number of halogens is 2. The van der Waals surface area contributed by atoms with Crippen molar-refractivity contribution in [3.63, 3.8) is 0 Å². The van der Waals surface area contributed by atoms with Crippen LogP contribution in [0.1, 0.15) is 33.6 Å². The molecule has 15 heteroatoms. The van der Waals surface area contributed by atoms with Gasteiger partial charge in [0.15, 0.2) is 15.7 Å². The molecule has 1 aromatic carbocycles. The normalized spacial score (nSPS) is 17.6. The van der Waals surface area contributed by atoms with Crippen molar-refractivity contribution < 1.29 is 16.8 Å². The molecule has 1 saturated carbocycles. The molecule has 10 nitrogen and oxygen atoms in total. The van der Waals surface area contributed by atoms with Crippen LogP contribution in [-0.2, 0) is 19.9 Å². The molecule has 0 unspecified atom stereocenters. The molecule has 2 aliphatic rings. The van der Waals surface area contributed by atoms with Crippen LogP contribution in [0.15, 0.2) is 51.1 Å². The summed E-state index contributed by atoms with van der Waals surface area (Å²) in [7, 11) is -7.95. The Balaban J connectivity index is 1.41. The van der Waals surface area contributed by atoms with Gasteiger partial charge in [0.25, 0.3) is 10.0 Å². The second kappa shape index (κ2) is 9.28. The molecule has 0 amide bonds. The summed E-state index contributed by atoms with van der Waals surface area (Å²) in [6.45, 7) is 6.53. The fourth-order valence-corrected chi connectivity index (χ4v) is 10.1. The molecule has 212 valence electrons. The number of aromatic nitrogens is 4. The molecule has 0 radical (unpaired) electrons. The number of hydrogen-bond donors (Lipinski definition) is 0. The quantitative estimate of drug-likeness (QED) is 0.301. The van der Waals surface area contributed by atoms with E-state index in [1.807, 2.05) is 0 Å². The number of piperazine rings is 1. The van der Waals surface area contributed by atoms with Crippen LogP contribution >= 0.6 is 34.5 Å². The highest BCUT2D eigenvalue weighted by Crippen LogP contribution is 2.49. The highest BCUT2D eigenvalue weighted by molar-refractivity contribution is 7.96. The maximum Gasteiger partial charge on any atom is 0.293 e. The summed E-state index contributed by atoms with van der Waals surface area (Å²) < 4.78 is 53.5. The molecule has 1 spiro atoms. The van der Waals surface area contributed by atoms with Crippen molar-refractivity contribution in [3.8, 4) is 0 Å². The van der Waals surface area contributed by atoms with Gasteiger partial charge in [-0.3, -0.25) is 0 Å². The second-order valence-corrected chi connectivity index (χ2v) is 17.8. The van der Waals surface area contributed by atoms with Gasteiger partial charge in [-0.05, 0) is 57.9 Å². The summed E-state index contributed by atoms with van der Waals surface area (Å²) >= 11 is 13.4. The topological polar surface area (TPSA) is 118 Å². The number of fused-ring (bicyclic) bond motifs is 1. The van der Waals surface area contributed by atoms with Gasteiger partial charge in [-0.15, -0.1) is 16.4 Å². The Morgan fingerprint density at radius 2 is 1.62 bits per heavy atom. The molecule has 6 rings (SSSR count). The van der Waals surface area contributed by atoms with E-state index in [0.29, 0.717) is 52.3 Å². The third kappa shape index (κ3) is 4.37. The highest BCUT2D eigenvalue weighted by Gasteiger charge is 2.53. The molecule has 4 aromatic rings. The predicted octanol–water partition coefficient (Wildman–Crippen LogP) is 4.86. The van der Waals surface area contributed by atoms with Gasteiger partial charge in [0.2, 0.25) is 5.95 Å². The summed E-state index contributed by atoms with van der Waals surface area (Å²) in [6.07, 6.45) is 4.92. The second-order valence-electron chi connectivity index (χ2n) is 11.0. The Morgan fingerprint density at radius 3 is 2.27 bits per heavy atom.